The van der Waals surface area contributed by atoms with Crippen molar-refractivity contribution in [3.8, 4) is 0 Å². The predicted octanol–water partition coefficient (Wildman–Crippen LogP) is -9.24. The van der Waals surface area contributed by atoms with Gasteiger partial charge in [-0.05, 0) is 12.2 Å². The Balaban J connectivity index is -0.0000000358. The molecule has 6 nitrogen and oxygen atoms in total. The first-order valence-corrected chi connectivity index (χ1v) is 3.53. The molecule has 8 heteroatoms. The van der Waals surface area contributed by atoms with Crippen molar-refractivity contribution in [2.45, 2.75) is 0 Å². The first-order chi connectivity index (χ1) is 6.45. The average molecular weight is 248 g/mol. The van der Waals surface area contributed by atoms with E-state index in [1.165, 1.54) is 0 Å². The summed E-state index contributed by atoms with van der Waals surface area (Å²) in [6.07, 6.45) is 1.44. The maximum absolute atomic E-state index is 9.14. The quantitative estimate of drug-likeness (QED) is 0.376. The monoisotopic (exact) mass is 248 g/mol. The fourth-order valence-corrected chi connectivity index (χ4v) is 0. The smallest absolute Gasteiger partial charge is 0.545 e. The van der Waals surface area contributed by atoms with Crippen molar-refractivity contribution in [2.75, 3.05) is 13.1 Å². The summed E-state index contributed by atoms with van der Waals surface area (Å²) in [7, 11) is 0. The van der Waals surface area contributed by atoms with Gasteiger partial charge in [0.05, 0.1) is 11.9 Å². The molecule has 0 amide bonds. The van der Waals surface area contributed by atoms with Gasteiger partial charge in [-0.1, -0.05) is 13.2 Å². The Morgan fingerprint density at radius 2 is 1.06 bits per heavy atom. The number of carboxylic acids is 2. The van der Waals surface area contributed by atoms with E-state index in [-0.39, 0.29) is 59.1 Å². The third kappa shape index (κ3) is 89.5. The number of carbonyl (C=O) groups is 2. The molecule has 0 aliphatic heterocycles. The topological polar surface area (TPSA) is 132 Å². The summed E-state index contributed by atoms with van der Waals surface area (Å²) in [5.41, 5.74) is 9.81. The molecule has 4 N–H and O–H groups in total. The van der Waals surface area contributed by atoms with Crippen molar-refractivity contribution < 1.29 is 78.9 Å². The maximum atomic E-state index is 9.14. The second-order valence-corrected chi connectivity index (χ2v) is 1.62. The molecular weight excluding hydrogens is 234 g/mol. The molecule has 16 heavy (non-hydrogen) atoms. The second-order valence-electron chi connectivity index (χ2n) is 1.62. The van der Waals surface area contributed by atoms with Gasteiger partial charge >= 0.3 is 59.1 Å². The molecule has 0 aromatic rings. The Labute approximate surface area is 139 Å². The van der Waals surface area contributed by atoms with E-state index in [4.69, 9.17) is 31.3 Å². The summed E-state index contributed by atoms with van der Waals surface area (Å²) in [4.78, 5) is 18.3. The third-order valence-corrected chi connectivity index (χ3v) is 0.500. The molecule has 0 saturated heterocycles. The number of carboxylic acid groups (broad SMARTS) is 2. The van der Waals surface area contributed by atoms with Gasteiger partial charge in [0.1, 0.15) is 0 Å². The molecule has 0 fully saturated rings. The molecule has 0 aliphatic carbocycles. The Hall–Kier alpha value is 0.340. The van der Waals surface area contributed by atoms with Gasteiger partial charge in [-0.15, -0.1) is 0 Å². The van der Waals surface area contributed by atoms with Crippen molar-refractivity contribution in [2.24, 2.45) is 11.5 Å². The van der Waals surface area contributed by atoms with Gasteiger partial charge < -0.3 is 31.3 Å². The molecule has 0 aromatic carbocycles. The fraction of sp³-hybridized carbons (Fsp3) is 0.250. The average Bonchev–Trinajstić information content (AvgIpc) is 2.19. The van der Waals surface area contributed by atoms with Crippen molar-refractivity contribution >= 4 is 11.9 Å². The van der Waals surface area contributed by atoms with E-state index in [0.29, 0.717) is 13.1 Å². The first-order valence-electron chi connectivity index (χ1n) is 3.53. The van der Waals surface area contributed by atoms with Crippen LogP contribution in [0.3, 0.4) is 0 Å². The second kappa shape index (κ2) is 29.5. The van der Waals surface area contributed by atoms with Gasteiger partial charge in [-0.3, -0.25) is 0 Å². The summed E-state index contributed by atoms with van der Waals surface area (Å²) >= 11 is 0. The number of hydrogen-bond donors (Lipinski definition) is 2. The Morgan fingerprint density at radius 1 is 0.938 bits per heavy atom. The zero-order valence-corrected chi connectivity index (χ0v) is 13.8. The molecule has 0 aromatic heterocycles. The minimum atomic E-state index is -1.23. The molecule has 0 rings (SSSR count). The van der Waals surface area contributed by atoms with Crippen molar-refractivity contribution in [1.29, 1.82) is 0 Å². The predicted molar refractivity (Wildman–Crippen MR) is 48.5 cm³/mol. The zero-order valence-electron chi connectivity index (χ0n) is 9.77. The molecule has 0 heterocycles. The molecule has 0 spiro atoms. The van der Waals surface area contributed by atoms with Crippen LogP contribution in [0.1, 0.15) is 0 Å². The van der Waals surface area contributed by atoms with Crippen LogP contribution in [0, 0.1) is 0 Å². The van der Waals surface area contributed by atoms with Crippen LogP contribution in [0.25, 0.3) is 0 Å². The van der Waals surface area contributed by atoms with E-state index in [2.05, 4.69) is 13.2 Å². The first kappa shape index (κ1) is 29.9. The molecule has 0 unspecified atom stereocenters. The number of aliphatic carboxylic acids is 2. The molecule has 0 atom stereocenters. The van der Waals surface area contributed by atoms with Gasteiger partial charge in [-0.25, -0.2) is 0 Å². The van der Waals surface area contributed by atoms with Gasteiger partial charge in [0, 0.05) is 13.1 Å². The number of hydrogen-bond acceptors (Lipinski definition) is 6. The van der Waals surface area contributed by atoms with E-state index in [1.54, 1.807) is 0 Å². The van der Waals surface area contributed by atoms with Crippen LogP contribution in [0.5, 0.6) is 0 Å². The number of rotatable bonds is 3. The van der Waals surface area contributed by atoms with Crippen LogP contribution in [-0.4, -0.2) is 25.0 Å². The Bertz CT molecular complexity index is 169. The minimum absolute atomic E-state index is 0. The third-order valence-electron chi connectivity index (χ3n) is 0.500. The minimum Gasteiger partial charge on any atom is -0.545 e. The van der Waals surface area contributed by atoms with E-state index >= 15 is 0 Å². The fourth-order valence-electron chi connectivity index (χ4n) is 0. The van der Waals surface area contributed by atoms with Gasteiger partial charge in [-0.2, -0.15) is 0 Å². The summed E-state index contributed by atoms with van der Waals surface area (Å²) in [6.45, 7) is 6.99. The van der Waals surface area contributed by atoms with E-state index in [9.17, 15) is 0 Å². The summed E-state index contributed by atoms with van der Waals surface area (Å²) < 4.78 is 0. The van der Waals surface area contributed by atoms with Crippen LogP contribution >= 0.6 is 0 Å². The Morgan fingerprint density at radius 3 is 1.06 bits per heavy atom. The SMILES string of the molecule is C=CC(=O)[O-].C=CC(=O)[O-].NCCN.[Na+].[Na+]. The van der Waals surface area contributed by atoms with Crippen molar-refractivity contribution in [3.05, 3.63) is 25.3 Å². The van der Waals surface area contributed by atoms with Crippen molar-refractivity contribution in [3.63, 3.8) is 0 Å². The molecule has 0 bridgehead atoms. The summed E-state index contributed by atoms with van der Waals surface area (Å²) in [5, 5.41) is 18.3. The molecule has 82 valence electrons. The molecule has 0 saturated carbocycles. The molecular formula is C8H14N2Na2O4. The van der Waals surface area contributed by atoms with Gasteiger partial charge in [0.15, 0.2) is 0 Å². The molecule has 0 aliphatic rings. The zero-order chi connectivity index (χ0) is 12.0. The van der Waals surface area contributed by atoms with Crippen molar-refractivity contribution in [1.82, 2.24) is 0 Å². The van der Waals surface area contributed by atoms with E-state index in [1.807, 2.05) is 0 Å². The standard InChI is InChI=1S/2C3H4O2.C2H8N2.2Na/c2*1-2-3(4)5;3-1-2-4;;/h2*2H,1H2,(H,4,5);1-4H2;;/q;;;2*+1/p-2. The normalized spacial score (nSPS) is 5.88. The molecule has 0 radical (unpaired) electrons. The van der Waals surface area contributed by atoms with Crippen LogP contribution in [0.15, 0.2) is 25.3 Å². The number of carbonyl (C=O) groups excluding carboxylic acids is 2. The van der Waals surface area contributed by atoms with E-state index < -0.39 is 11.9 Å². The van der Waals surface area contributed by atoms with Crippen LogP contribution < -0.4 is 80.8 Å². The number of nitrogens with two attached hydrogens (primary N) is 2. The van der Waals surface area contributed by atoms with Gasteiger partial charge in [0.2, 0.25) is 0 Å². The largest absolute Gasteiger partial charge is 1.00 e. The summed E-state index contributed by atoms with van der Waals surface area (Å²) in [5.74, 6) is -2.46. The van der Waals surface area contributed by atoms with Crippen LogP contribution in [0.4, 0.5) is 0 Å². The summed E-state index contributed by atoms with van der Waals surface area (Å²) in [6, 6.07) is 0. The maximum Gasteiger partial charge on any atom is 1.00 e. The van der Waals surface area contributed by atoms with Crippen LogP contribution in [0.2, 0.25) is 0 Å². The Kier molecular flexibility index (Phi) is 55.1. The van der Waals surface area contributed by atoms with E-state index in [0.717, 1.165) is 12.2 Å². The van der Waals surface area contributed by atoms with Crippen LogP contribution in [-0.2, 0) is 9.59 Å². The van der Waals surface area contributed by atoms with Gasteiger partial charge in [0.25, 0.3) is 0 Å².